The number of rotatable bonds is 2. The molecule has 0 spiro atoms. The molecule has 2 nitrogen and oxygen atoms in total. The number of nitrogens with zero attached hydrogens (tertiary/aromatic N) is 1. The van der Waals surface area contributed by atoms with E-state index in [-0.39, 0.29) is 0 Å². The fraction of sp³-hybridized carbons (Fsp3) is 0.400. The van der Waals surface area contributed by atoms with E-state index < -0.39 is 11.7 Å². The molecule has 0 aromatic heterocycles. The van der Waals surface area contributed by atoms with E-state index in [1.807, 2.05) is 0 Å². The number of benzene rings is 2. The van der Waals surface area contributed by atoms with E-state index in [0.717, 1.165) is 43.7 Å². The van der Waals surface area contributed by atoms with E-state index in [0.29, 0.717) is 0 Å². The molecule has 1 N–H and O–H groups in total. The highest BCUT2D eigenvalue weighted by molar-refractivity contribution is 5.74. The molecule has 0 bridgehead atoms. The molecule has 0 unspecified atom stereocenters. The van der Waals surface area contributed by atoms with Crippen LogP contribution in [0.2, 0.25) is 0 Å². The van der Waals surface area contributed by atoms with Crippen molar-refractivity contribution < 1.29 is 13.2 Å². The van der Waals surface area contributed by atoms with Gasteiger partial charge < -0.3 is 10.2 Å². The van der Waals surface area contributed by atoms with Gasteiger partial charge in [-0.1, -0.05) is 12.1 Å². The van der Waals surface area contributed by atoms with Gasteiger partial charge >= 0.3 is 6.18 Å². The van der Waals surface area contributed by atoms with Crippen LogP contribution in [-0.4, -0.2) is 19.6 Å². The Kier molecular flexibility index (Phi) is 4.20. The van der Waals surface area contributed by atoms with Crippen LogP contribution in [0.1, 0.15) is 29.5 Å². The minimum atomic E-state index is -4.29. The third-order valence-corrected chi connectivity index (χ3v) is 5.19. The second-order valence-electron chi connectivity index (χ2n) is 6.83. The molecular formula is C20H21F3N2. The van der Waals surface area contributed by atoms with Crippen molar-refractivity contribution in [2.75, 3.05) is 24.5 Å². The van der Waals surface area contributed by atoms with Crippen molar-refractivity contribution >= 4 is 5.69 Å². The largest absolute Gasteiger partial charge is 0.416 e. The molecule has 2 aliphatic rings. The van der Waals surface area contributed by atoms with E-state index >= 15 is 0 Å². The Morgan fingerprint density at radius 1 is 0.960 bits per heavy atom. The van der Waals surface area contributed by atoms with Crippen molar-refractivity contribution in [3.63, 3.8) is 0 Å². The molecule has 1 saturated heterocycles. The monoisotopic (exact) mass is 346 g/mol. The summed E-state index contributed by atoms with van der Waals surface area (Å²) in [4.78, 5) is 2.38. The molecular weight excluding hydrogens is 325 g/mol. The van der Waals surface area contributed by atoms with Gasteiger partial charge in [0.05, 0.1) is 5.56 Å². The lowest BCUT2D eigenvalue weighted by Crippen LogP contribution is -2.25. The van der Waals surface area contributed by atoms with Gasteiger partial charge in [0.1, 0.15) is 0 Å². The van der Waals surface area contributed by atoms with Crippen LogP contribution >= 0.6 is 0 Å². The molecule has 25 heavy (non-hydrogen) atoms. The van der Waals surface area contributed by atoms with Crippen molar-refractivity contribution in [3.05, 3.63) is 53.1 Å². The first-order chi connectivity index (χ1) is 12.0. The van der Waals surface area contributed by atoms with Crippen molar-refractivity contribution in [1.29, 1.82) is 0 Å². The maximum absolute atomic E-state index is 12.8. The van der Waals surface area contributed by atoms with Crippen LogP contribution in [0, 0.1) is 0 Å². The van der Waals surface area contributed by atoms with Gasteiger partial charge in [-0.05, 0) is 72.3 Å². The number of anilines is 1. The lowest BCUT2D eigenvalue weighted by Gasteiger charge is -2.26. The third kappa shape index (κ3) is 3.25. The number of halogens is 3. The molecule has 0 radical (unpaired) electrons. The minimum absolute atomic E-state index is 0.595. The quantitative estimate of drug-likeness (QED) is 0.854. The summed E-state index contributed by atoms with van der Waals surface area (Å²) in [6, 6.07) is 10.00. The van der Waals surface area contributed by atoms with Gasteiger partial charge in [0.25, 0.3) is 0 Å². The maximum atomic E-state index is 12.8. The molecule has 2 aromatic rings. The fourth-order valence-electron chi connectivity index (χ4n) is 3.86. The number of hydrogen-bond acceptors (Lipinski definition) is 2. The topological polar surface area (TPSA) is 15.3 Å². The Labute approximate surface area is 145 Å². The molecule has 0 saturated carbocycles. The summed E-state index contributed by atoms with van der Waals surface area (Å²) in [7, 11) is 0. The van der Waals surface area contributed by atoms with Gasteiger partial charge in [0.2, 0.25) is 0 Å². The Bertz CT molecular complexity index is 760. The van der Waals surface area contributed by atoms with Crippen LogP contribution < -0.4 is 10.2 Å². The Balaban J connectivity index is 1.78. The van der Waals surface area contributed by atoms with Crippen LogP contribution in [0.3, 0.4) is 0 Å². The van der Waals surface area contributed by atoms with Crippen molar-refractivity contribution in [1.82, 2.24) is 5.32 Å². The van der Waals surface area contributed by atoms with Gasteiger partial charge in [0.15, 0.2) is 0 Å². The van der Waals surface area contributed by atoms with E-state index in [4.69, 9.17) is 0 Å². The summed E-state index contributed by atoms with van der Waals surface area (Å²) in [6.45, 7) is 3.84. The highest BCUT2D eigenvalue weighted by Crippen LogP contribution is 2.36. The van der Waals surface area contributed by atoms with E-state index in [9.17, 15) is 13.2 Å². The van der Waals surface area contributed by atoms with Crippen LogP contribution in [-0.2, 0) is 19.1 Å². The standard InChI is InChI=1S/C20H21F3N2/c21-20(22,23)16-5-3-14(4-6-16)19-12-17(25-9-1-2-10-25)11-15-13-24-8-7-18(15)19/h3-6,11-12,24H,1-2,7-10,13H2. The second-order valence-corrected chi connectivity index (χ2v) is 6.83. The zero-order valence-corrected chi connectivity index (χ0v) is 14.0. The van der Waals surface area contributed by atoms with E-state index in [1.54, 1.807) is 12.1 Å². The van der Waals surface area contributed by atoms with Crippen LogP contribution in [0.15, 0.2) is 36.4 Å². The van der Waals surface area contributed by atoms with Crippen molar-refractivity contribution in [2.45, 2.75) is 32.0 Å². The molecule has 0 amide bonds. The minimum Gasteiger partial charge on any atom is -0.372 e. The predicted molar refractivity (Wildman–Crippen MR) is 93.7 cm³/mol. The molecule has 2 aromatic carbocycles. The molecule has 5 heteroatoms. The SMILES string of the molecule is FC(F)(F)c1ccc(-c2cc(N3CCCC3)cc3c2CCNC3)cc1. The molecule has 2 aliphatic heterocycles. The Morgan fingerprint density at radius 2 is 1.68 bits per heavy atom. The van der Waals surface area contributed by atoms with E-state index in [1.165, 1.54) is 41.8 Å². The molecule has 0 aliphatic carbocycles. The first-order valence-electron chi connectivity index (χ1n) is 8.81. The second kappa shape index (κ2) is 6.37. The first kappa shape index (κ1) is 16.5. The normalized spacial score (nSPS) is 17.6. The number of nitrogens with one attached hydrogen (secondary N) is 1. The lowest BCUT2D eigenvalue weighted by atomic mass is 9.90. The van der Waals surface area contributed by atoms with Gasteiger partial charge in [-0.3, -0.25) is 0 Å². The zero-order valence-electron chi connectivity index (χ0n) is 14.0. The number of alkyl halides is 3. The number of hydrogen-bond donors (Lipinski definition) is 1. The van der Waals surface area contributed by atoms with E-state index in [2.05, 4.69) is 22.3 Å². The summed E-state index contributed by atoms with van der Waals surface area (Å²) in [5.74, 6) is 0. The summed E-state index contributed by atoms with van der Waals surface area (Å²) in [5, 5.41) is 3.40. The van der Waals surface area contributed by atoms with Gasteiger partial charge in [-0.25, -0.2) is 0 Å². The molecule has 0 atom stereocenters. The van der Waals surface area contributed by atoms with Gasteiger partial charge in [-0.15, -0.1) is 0 Å². The molecule has 2 heterocycles. The smallest absolute Gasteiger partial charge is 0.372 e. The summed E-state index contributed by atoms with van der Waals surface area (Å²) >= 11 is 0. The first-order valence-corrected chi connectivity index (χ1v) is 8.81. The summed E-state index contributed by atoms with van der Waals surface area (Å²) < 4.78 is 38.5. The molecule has 132 valence electrons. The number of fused-ring (bicyclic) bond motifs is 1. The average molecular weight is 346 g/mol. The molecule has 4 rings (SSSR count). The Morgan fingerprint density at radius 3 is 2.36 bits per heavy atom. The molecule has 1 fully saturated rings. The van der Waals surface area contributed by atoms with Gasteiger partial charge in [-0.2, -0.15) is 13.2 Å². The highest BCUT2D eigenvalue weighted by Gasteiger charge is 2.30. The van der Waals surface area contributed by atoms with Crippen molar-refractivity contribution in [3.8, 4) is 11.1 Å². The van der Waals surface area contributed by atoms with Crippen molar-refractivity contribution in [2.24, 2.45) is 0 Å². The van der Waals surface area contributed by atoms with Gasteiger partial charge in [0, 0.05) is 25.3 Å². The lowest BCUT2D eigenvalue weighted by molar-refractivity contribution is -0.137. The highest BCUT2D eigenvalue weighted by atomic mass is 19.4. The van der Waals surface area contributed by atoms with Crippen LogP contribution in [0.4, 0.5) is 18.9 Å². The van der Waals surface area contributed by atoms with Crippen LogP contribution in [0.25, 0.3) is 11.1 Å². The van der Waals surface area contributed by atoms with Crippen LogP contribution in [0.5, 0.6) is 0 Å². The fourth-order valence-corrected chi connectivity index (χ4v) is 3.86. The average Bonchev–Trinajstić information content (AvgIpc) is 3.15. The Hall–Kier alpha value is -2.01. The maximum Gasteiger partial charge on any atom is 0.416 e. The summed E-state index contributed by atoms with van der Waals surface area (Å²) in [5.41, 5.74) is 5.08. The zero-order chi connectivity index (χ0) is 17.4. The third-order valence-electron chi connectivity index (χ3n) is 5.19. The predicted octanol–water partition coefficient (Wildman–Crippen LogP) is 4.62. The summed E-state index contributed by atoms with van der Waals surface area (Å²) in [6.07, 6.45) is -0.985.